The second-order valence-electron chi connectivity index (χ2n) is 8.68. The molecule has 0 saturated carbocycles. The predicted molar refractivity (Wildman–Crippen MR) is 133 cm³/mol. The Labute approximate surface area is 206 Å². The van der Waals surface area contributed by atoms with Crippen LogP contribution in [0.1, 0.15) is 46.7 Å². The molecule has 33 heavy (non-hydrogen) atoms. The minimum Gasteiger partial charge on any atom is -0.619 e. The van der Waals surface area contributed by atoms with Crippen LogP contribution in [0.5, 0.6) is 0 Å². The molecule has 1 aliphatic heterocycles. The topological polar surface area (TPSA) is 60.1 Å². The third-order valence-corrected chi connectivity index (χ3v) is 7.26. The zero-order valence-corrected chi connectivity index (χ0v) is 20.3. The van der Waals surface area contributed by atoms with Gasteiger partial charge >= 0.3 is 0 Å². The summed E-state index contributed by atoms with van der Waals surface area (Å²) in [7, 11) is 0. The van der Waals surface area contributed by atoms with Gasteiger partial charge in [0, 0.05) is 46.3 Å². The molecular formula is C26H23BrClN3O2. The van der Waals surface area contributed by atoms with Gasteiger partial charge in [0.25, 0.3) is 0 Å². The summed E-state index contributed by atoms with van der Waals surface area (Å²) in [5.41, 5.74) is 5.28. The van der Waals surface area contributed by atoms with Gasteiger partial charge in [0.1, 0.15) is 0 Å². The molecule has 0 spiro atoms. The van der Waals surface area contributed by atoms with Crippen LogP contribution in [0.25, 0.3) is 12.2 Å². The Bertz CT molecular complexity index is 1180. The van der Waals surface area contributed by atoms with E-state index in [4.69, 9.17) is 16.6 Å². The number of benzene rings is 1. The highest BCUT2D eigenvalue weighted by molar-refractivity contribution is 9.10. The molecule has 1 fully saturated rings. The number of carbonyl (C=O) groups excluding carboxylic acids is 1. The lowest BCUT2D eigenvalue weighted by Crippen LogP contribution is -2.41. The van der Waals surface area contributed by atoms with Crippen molar-refractivity contribution in [3.63, 3.8) is 0 Å². The van der Waals surface area contributed by atoms with E-state index in [9.17, 15) is 10.0 Å². The number of aromatic nitrogens is 2. The lowest BCUT2D eigenvalue weighted by Gasteiger charge is -2.37. The van der Waals surface area contributed by atoms with Crippen molar-refractivity contribution in [2.75, 3.05) is 13.1 Å². The van der Waals surface area contributed by atoms with E-state index in [1.165, 1.54) is 18.0 Å². The van der Waals surface area contributed by atoms with Crippen molar-refractivity contribution in [1.82, 2.24) is 9.88 Å². The lowest BCUT2D eigenvalue weighted by molar-refractivity contribution is -0.605. The number of pyridine rings is 2. The molecule has 1 atom stereocenters. The fraction of sp³-hybridized carbons (Fsp3) is 0.269. The van der Waals surface area contributed by atoms with Gasteiger partial charge in [-0.2, -0.15) is 4.73 Å². The Hall–Kier alpha value is -2.70. The van der Waals surface area contributed by atoms with Crippen LogP contribution in [0.2, 0.25) is 5.02 Å². The number of hydrogen-bond donors (Lipinski definition) is 0. The molecule has 168 valence electrons. The van der Waals surface area contributed by atoms with Crippen LogP contribution in [0.4, 0.5) is 0 Å². The molecule has 3 aromatic rings. The first-order valence-corrected chi connectivity index (χ1v) is 12.2. The van der Waals surface area contributed by atoms with E-state index in [1.807, 2.05) is 29.3 Å². The molecule has 3 heterocycles. The molecule has 2 aromatic heterocycles. The Morgan fingerprint density at radius 3 is 2.76 bits per heavy atom. The molecule has 0 radical (unpaired) electrons. The molecule has 1 aliphatic carbocycles. The highest BCUT2D eigenvalue weighted by Crippen LogP contribution is 2.43. The minimum atomic E-state index is 0.0665. The number of piperidine rings is 1. The number of amides is 1. The first-order valence-electron chi connectivity index (χ1n) is 11.1. The molecule has 7 heteroatoms. The van der Waals surface area contributed by atoms with Gasteiger partial charge in [0.05, 0.1) is 12.1 Å². The Balaban J connectivity index is 1.38. The monoisotopic (exact) mass is 523 g/mol. The molecule has 1 saturated heterocycles. The molecule has 1 amide bonds. The summed E-state index contributed by atoms with van der Waals surface area (Å²) >= 11 is 9.86. The average Bonchev–Trinajstić information content (AvgIpc) is 2.95. The molecule has 1 unspecified atom stereocenters. The average molecular weight is 525 g/mol. The summed E-state index contributed by atoms with van der Waals surface area (Å²) in [6, 6.07) is 11.7. The van der Waals surface area contributed by atoms with Crippen LogP contribution < -0.4 is 4.73 Å². The minimum absolute atomic E-state index is 0.0665. The van der Waals surface area contributed by atoms with E-state index >= 15 is 0 Å². The number of nitrogens with zero attached hydrogens (tertiary/aromatic N) is 3. The molecular weight excluding hydrogens is 502 g/mol. The Morgan fingerprint density at radius 1 is 1.18 bits per heavy atom. The maximum atomic E-state index is 12.9. The van der Waals surface area contributed by atoms with Gasteiger partial charge in [-0.25, -0.2) is 0 Å². The van der Waals surface area contributed by atoms with Crippen molar-refractivity contribution in [2.24, 2.45) is 5.92 Å². The fourth-order valence-corrected chi connectivity index (χ4v) is 5.54. The van der Waals surface area contributed by atoms with E-state index in [0.29, 0.717) is 19.0 Å². The van der Waals surface area contributed by atoms with Gasteiger partial charge in [-0.3, -0.25) is 9.78 Å². The highest BCUT2D eigenvalue weighted by atomic mass is 79.9. The largest absolute Gasteiger partial charge is 0.619 e. The Morgan fingerprint density at radius 2 is 1.97 bits per heavy atom. The Kier molecular flexibility index (Phi) is 6.21. The van der Waals surface area contributed by atoms with Crippen molar-refractivity contribution in [2.45, 2.75) is 25.2 Å². The van der Waals surface area contributed by atoms with E-state index in [1.54, 1.807) is 6.07 Å². The maximum Gasteiger partial charge on any atom is 0.227 e. The van der Waals surface area contributed by atoms with Crippen LogP contribution in [-0.4, -0.2) is 28.9 Å². The van der Waals surface area contributed by atoms with E-state index in [0.717, 1.165) is 49.5 Å². The van der Waals surface area contributed by atoms with E-state index in [2.05, 4.69) is 40.2 Å². The van der Waals surface area contributed by atoms with Crippen molar-refractivity contribution >= 4 is 45.6 Å². The standard InChI is InChI=1S/C26H23BrClN3O2/c27-21-13-20-4-3-19-14-22(28)5-6-23(19)25(26(20)29-15-21)18-7-10-30(11-8-18)24(32)12-17-2-1-9-31(33)16-17/h1-6,9,13-16,18,25H,7-8,10-12H2. The second-order valence-corrected chi connectivity index (χ2v) is 10.0. The normalized spacial score (nSPS) is 17.9. The zero-order chi connectivity index (χ0) is 22.9. The fourth-order valence-electron chi connectivity index (χ4n) is 5.01. The van der Waals surface area contributed by atoms with Crippen LogP contribution in [-0.2, 0) is 11.2 Å². The highest BCUT2D eigenvalue weighted by Gasteiger charge is 2.34. The van der Waals surface area contributed by atoms with Gasteiger partial charge in [-0.1, -0.05) is 29.8 Å². The summed E-state index contributed by atoms with van der Waals surface area (Å²) in [6.45, 7) is 1.40. The van der Waals surface area contributed by atoms with Gasteiger partial charge in [-0.15, -0.1) is 0 Å². The SMILES string of the molecule is O=C(Cc1ccc[n+]([O-])c1)N1CCC(C2c3ccc(Cl)cc3C=Cc3cc(Br)cnc32)CC1. The van der Waals surface area contributed by atoms with Crippen molar-refractivity contribution in [3.05, 3.63) is 97.6 Å². The van der Waals surface area contributed by atoms with Crippen LogP contribution >= 0.6 is 27.5 Å². The first-order chi connectivity index (χ1) is 16.0. The van der Waals surface area contributed by atoms with Crippen LogP contribution in [0.15, 0.2) is 59.5 Å². The number of rotatable bonds is 3. The molecule has 2 aliphatic rings. The second kappa shape index (κ2) is 9.27. The molecule has 5 rings (SSSR count). The van der Waals surface area contributed by atoms with Crippen LogP contribution in [0.3, 0.4) is 0 Å². The van der Waals surface area contributed by atoms with Crippen molar-refractivity contribution in [3.8, 4) is 0 Å². The molecule has 0 bridgehead atoms. The number of fused-ring (bicyclic) bond motifs is 2. The first kappa shape index (κ1) is 22.1. The summed E-state index contributed by atoms with van der Waals surface area (Å²) in [5, 5.41) is 12.2. The summed E-state index contributed by atoms with van der Waals surface area (Å²) in [6.07, 6.45) is 11.0. The summed E-state index contributed by atoms with van der Waals surface area (Å²) in [4.78, 5) is 19.6. The lowest BCUT2D eigenvalue weighted by atomic mass is 9.76. The molecule has 5 nitrogen and oxygen atoms in total. The third kappa shape index (κ3) is 4.68. The van der Waals surface area contributed by atoms with E-state index < -0.39 is 0 Å². The molecule has 0 N–H and O–H groups in total. The number of carbonyl (C=O) groups is 1. The number of halogens is 2. The van der Waals surface area contributed by atoms with Gasteiger partial charge < -0.3 is 10.1 Å². The van der Waals surface area contributed by atoms with Gasteiger partial charge in [0.15, 0.2) is 12.4 Å². The quantitative estimate of drug-likeness (QED) is 0.348. The number of likely N-dealkylation sites (tertiary alicyclic amines) is 1. The maximum absolute atomic E-state index is 12.9. The summed E-state index contributed by atoms with van der Waals surface area (Å²) < 4.78 is 1.69. The number of hydrogen-bond acceptors (Lipinski definition) is 3. The van der Waals surface area contributed by atoms with E-state index in [-0.39, 0.29) is 18.2 Å². The van der Waals surface area contributed by atoms with Crippen molar-refractivity contribution in [1.29, 1.82) is 0 Å². The van der Waals surface area contributed by atoms with Gasteiger partial charge in [-0.05, 0) is 75.6 Å². The smallest absolute Gasteiger partial charge is 0.227 e. The van der Waals surface area contributed by atoms with Crippen LogP contribution in [0, 0.1) is 11.1 Å². The van der Waals surface area contributed by atoms with Crippen molar-refractivity contribution < 1.29 is 9.52 Å². The zero-order valence-electron chi connectivity index (χ0n) is 18.0. The predicted octanol–water partition coefficient (Wildman–Crippen LogP) is 5.23. The molecule has 1 aromatic carbocycles. The third-order valence-electron chi connectivity index (χ3n) is 6.59. The van der Waals surface area contributed by atoms with Gasteiger partial charge in [0.2, 0.25) is 5.91 Å². The summed E-state index contributed by atoms with van der Waals surface area (Å²) in [5.74, 6) is 0.569.